The van der Waals surface area contributed by atoms with Crippen molar-refractivity contribution in [2.45, 2.75) is 78.7 Å². The summed E-state index contributed by atoms with van der Waals surface area (Å²) in [5.41, 5.74) is 0.506. The topological polar surface area (TPSA) is 12.0 Å². The molecule has 1 aliphatic rings. The van der Waals surface area contributed by atoms with Gasteiger partial charge >= 0.3 is 0 Å². The molecule has 1 aliphatic carbocycles. The van der Waals surface area contributed by atoms with Crippen molar-refractivity contribution in [3.63, 3.8) is 0 Å². The van der Waals surface area contributed by atoms with Crippen LogP contribution in [0.5, 0.6) is 0 Å². The maximum Gasteiger partial charge on any atom is 0.00952 e. The van der Waals surface area contributed by atoms with Crippen molar-refractivity contribution < 1.29 is 0 Å². The third-order valence-corrected chi connectivity index (χ3v) is 3.88. The van der Waals surface area contributed by atoms with Gasteiger partial charge in [-0.3, -0.25) is 0 Å². The van der Waals surface area contributed by atoms with Crippen LogP contribution in [0, 0.1) is 11.3 Å². The van der Waals surface area contributed by atoms with E-state index in [2.05, 4.69) is 33.0 Å². The summed E-state index contributed by atoms with van der Waals surface area (Å²) in [4.78, 5) is 0. The first kappa shape index (κ1) is 14.0. The van der Waals surface area contributed by atoms with Gasteiger partial charge in [0.05, 0.1) is 0 Å². The standard InChI is InChI=1S/C15H31N/c1-5-16-14(13-9-6-7-10-13)11-8-12-15(2,3)4/h13-14,16H,5-12H2,1-4H3. The average Bonchev–Trinajstić information content (AvgIpc) is 2.67. The van der Waals surface area contributed by atoms with E-state index in [1.807, 2.05) is 0 Å². The van der Waals surface area contributed by atoms with Crippen molar-refractivity contribution in [3.05, 3.63) is 0 Å². The zero-order valence-corrected chi connectivity index (χ0v) is 11.8. The van der Waals surface area contributed by atoms with Crippen molar-refractivity contribution in [3.8, 4) is 0 Å². The minimum Gasteiger partial charge on any atom is -0.314 e. The van der Waals surface area contributed by atoms with Crippen molar-refractivity contribution in [1.29, 1.82) is 0 Å². The van der Waals surface area contributed by atoms with Crippen LogP contribution in [-0.2, 0) is 0 Å². The predicted molar refractivity (Wildman–Crippen MR) is 72.7 cm³/mol. The Morgan fingerprint density at radius 1 is 1.19 bits per heavy atom. The normalized spacial score (nSPS) is 20.2. The van der Waals surface area contributed by atoms with Crippen LogP contribution >= 0.6 is 0 Å². The molecule has 96 valence electrons. The molecule has 0 spiro atoms. The zero-order chi connectivity index (χ0) is 12.0. The fourth-order valence-electron chi connectivity index (χ4n) is 2.98. The Hall–Kier alpha value is -0.0400. The number of nitrogens with one attached hydrogen (secondary N) is 1. The predicted octanol–water partition coefficient (Wildman–Crippen LogP) is 4.37. The number of hydrogen-bond acceptors (Lipinski definition) is 1. The van der Waals surface area contributed by atoms with Crippen LogP contribution < -0.4 is 5.32 Å². The highest BCUT2D eigenvalue weighted by atomic mass is 14.9. The van der Waals surface area contributed by atoms with E-state index in [1.54, 1.807) is 0 Å². The molecule has 1 fully saturated rings. The Morgan fingerprint density at radius 2 is 1.81 bits per heavy atom. The van der Waals surface area contributed by atoms with Gasteiger partial charge in [0.25, 0.3) is 0 Å². The lowest BCUT2D eigenvalue weighted by molar-refractivity contribution is 0.301. The van der Waals surface area contributed by atoms with Gasteiger partial charge in [0.2, 0.25) is 0 Å². The molecule has 16 heavy (non-hydrogen) atoms. The monoisotopic (exact) mass is 225 g/mol. The van der Waals surface area contributed by atoms with Crippen LogP contribution in [0.2, 0.25) is 0 Å². The molecule has 1 N–H and O–H groups in total. The first-order valence-electron chi connectivity index (χ1n) is 7.26. The third-order valence-electron chi connectivity index (χ3n) is 3.88. The van der Waals surface area contributed by atoms with Crippen LogP contribution in [0.3, 0.4) is 0 Å². The van der Waals surface area contributed by atoms with E-state index in [1.165, 1.54) is 44.9 Å². The third kappa shape index (κ3) is 5.34. The molecule has 1 rings (SSSR count). The Kier molecular flexibility index (Phi) is 5.82. The SMILES string of the molecule is CCNC(CCCC(C)(C)C)C1CCCC1. The highest BCUT2D eigenvalue weighted by Crippen LogP contribution is 2.31. The van der Waals surface area contributed by atoms with E-state index < -0.39 is 0 Å². The van der Waals surface area contributed by atoms with E-state index in [0.29, 0.717) is 5.41 Å². The van der Waals surface area contributed by atoms with Crippen LogP contribution in [0.15, 0.2) is 0 Å². The van der Waals surface area contributed by atoms with Crippen molar-refractivity contribution in [2.75, 3.05) is 6.54 Å². The fourth-order valence-corrected chi connectivity index (χ4v) is 2.98. The summed E-state index contributed by atoms with van der Waals surface area (Å²) in [7, 11) is 0. The lowest BCUT2D eigenvalue weighted by Crippen LogP contribution is -2.35. The van der Waals surface area contributed by atoms with E-state index in [-0.39, 0.29) is 0 Å². The molecule has 0 bridgehead atoms. The molecular formula is C15H31N. The number of hydrogen-bond donors (Lipinski definition) is 1. The molecule has 1 nitrogen and oxygen atoms in total. The molecule has 0 aromatic heterocycles. The summed E-state index contributed by atoms with van der Waals surface area (Å²) < 4.78 is 0. The molecule has 1 unspecified atom stereocenters. The molecule has 0 aromatic carbocycles. The lowest BCUT2D eigenvalue weighted by Gasteiger charge is -2.26. The Balaban J connectivity index is 2.27. The fraction of sp³-hybridized carbons (Fsp3) is 1.00. The van der Waals surface area contributed by atoms with Gasteiger partial charge in [-0.15, -0.1) is 0 Å². The molecule has 0 saturated heterocycles. The van der Waals surface area contributed by atoms with Crippen molar-refractivity contribution in [1.82, 2.24) is 5.32 Å². The van der Waals surface area contributed by atoms with Gasteiger partial charge in [0, 0.05) is 6.04 Å². The summed E-state index contributed by atoms with van der Waals surface area (Å²) in [5, 5.41) is 3.71. The first-order valence-corrected chi connectivity index (χ1v) is 7.26. The second-order valence-corrected chi connectivity index (χ2v) is 6.66. The van der Waals surface area contributed by atoms with Gasteiger partial charge in [-0.25, -0.2) is 0 Å². The Bertz CT molecular complexity index is 174. The smallest absolute Gasteiger partial charge is 0.00952 e. The number of rotatable bonds is 6. The summed E-state index contributed by atoms with van der Waals surface area (Å²) in [6.45, 7) is 10.4. The Morgan fingerprint density at radius 3 is 2.31 bits per heavy atom. The minimum atomic E-state index is 0.506. The quantitative estimate of drug-likeness (QED) is 0.708. The summed E-state index contributed by atoms with van der Waals surface area (Å²) in [5.74, 6) is 0.972. The molecule has 0 radical (unpaired) electrons. The second kappa shape index (κ2) is 6.64. The largest absolute Gasteiger partial charge is 0.314 e. The van der Waals surface area contributed by atoms with Gasteiger partial charge < -0.3 is 5.32 Å². The molecule has 1 heteroatoms. The molecule has 0 aliphatic heterocycles. The van der Waals surface area contributed by atoms with E-state index in [0.717, 1.165) is 18.5 Å². The van der Waals surface area contributed by atoms with Gasteiger partial charge in [0.15, 0.2) is 0 Å². The first-order chi connectivity index (χ1) is 7.53. The lowest BCUT2D eigenvalue weighted by atomic mass is 9.86. The maximum absolute atomic E-state index is 3.71. The molecule has 0 amide bonds. The summed E-state index contributed by atoms with van der Waals surface area (Å²) >= 11 is 0. The summed E-state index contributed by atoms with van der Waals surface area (Å²) in [6.07, 6.45) is 9.99. The molecule has 1 atom stereocenters. The van der Waals surface area contributed by atoms with Gasteiger partial charge in [-0.05, 0) is 43.6 Å². The van der Waals surface area contributed by atoms with Crippen LogP contribution in [0.25, 0.3) is 0 Å². The molecule has 0 aromatic rings. The second-order valence-electron chi connectivity index (χ2n) is 6.66. The minimum absolute atomic E-state index is 0.506. The van der Waals surface area contributed by atoms with Crippen LogP contribution in [0.4, 0.5) is 0 Å². The van der Waals surface area contributed by atoms with E-state index in [4.69, 9.17) is 0 Å². The van der Waals surface area contributed by atoms with Crippen molar-refractivity contribution >= 4 is 0 Å². The van der Waals surface area contributed by atoms with E-state index in [9.17, 15) is 0 Å². The zero-order valence-electron chi connectivity index (χ0n) is 11.8. The molecular weight excluding hydrogens is 194 g/mol. The van der Waals surface area contributed by atoms with Gasteiger partial charge in [-0.1, -0.05) is 47.0 Å². The van der Waals surface area contributed by atoms with Gasteiger partial charge in [-0.2, -0.15) is 0 Å². The highest BCUT2D eigenvalue weighted by Gasteiger charge is 2.24. The Labute approximate surface area is 102 Å². The molecule has 0 heterocycles. The van der Waals surface area contributed by atoms with Gasteiger partial charge in [0.1, 0.15) is 0 Å². The van der Waals surface area contributed by atoms with Crippen molar-refractivity contribution in [2.24, 2.45) is 11.3 Å². The summed E-state index contributed by atoms with van der Waals surface area (Å²) in [6, 6.07) is 0.801. The highest BCUT2D eigenvalue weighted by molar-refractivity contribution is 4.80. The average molecular weight is 225 g/mol. The van der Waals surface area contributed by atoms with Crippen LogP contribution in [0.1, 0.15) is 72.6 Å². The molecule has 1 saturated carbocycles. The maximum atomic E-state index is 3.71. The van der Waals surface area contributed by atoms with Crippen LogP contribution in [-0.4, -0.2) is 12.6 Å². The van der Waals surface area contributed by atoms with E-state index >= 15 is 0 Å².